The molecule has 0 atom stereocenters. The van der Waals surface area contributed by atoms with E-state index in [4.69, 9.17) is 23.2 Å². The van der Waals surface area contributed by atoms with Crippen LogP contribution in [0.25, 0.3) is 5.69 Å². The molecule has 1 N–H and O–H groups in total. The molecular formula is C21H24Cl2N2. The summed E-state index contributed by atoms with van der Waals surface area (Å²) in [5, 5.41) is 5.35. The van der Waals surface area contributed by atoms with E-state index in [2.05, 4.69) is 28.2 Å². The molecule has 0 aliphatic heterocycles. The van der Waals surface area contributed by atoms with Crippen molar-refractivity contribution >= 4 is 23.2 Å². The third-order valence-corrected chi connectivity index (χ3v) is 7.22. The Morgan fingerprint density at radius 2 is 1.68 bits per heavy atom. The SMILES string of the molecule is Clc1ccc(-n2cccc2CNC23CC4CC(CC(C4)C2)C3)c(Cl)c1. The van der Waals surface area contributed by atoms with Crippen LogP contribution in [-0.4, -0.2) is 10.1 Å². The Morgan fingerprint density at radius 1 is 1.00 bits per heavy atom. The van der Waals surface area contributed by atoms with Gasteiger partial charge in [-0.15, -0.1) is 0 Å². The van der Waals surface area contributed by atoms with Crippen molar-refractivity contribution < 1.29 is 0 Å². The fourth-order valence-corrected chi connectivity index (χ4v) is 6.58. The van der Waals surface area contributed by atoms with Gasteiger partial charge in [0.05, 0.1) is 10.7 Å². The maximum atomic E-state index is 6.42. The van der Waals surface area contributed by atoms with Gasteiger partial charge in [0.15, 0.2) is 0 Å². The lowest BCUT2D eigenvalue weighted by molar-refractivity contribution is -0.0207. The summed E-state index contributed by atoms with van der Waals surface area (Å²) in [5.74, 6) is 2.91. The van der Waals surface area contributed by atoms with E-state index in [1.54, 1.807) is 0 Å². The molecule has 4 bridgehead atoms. The minimum absolute atomic E-state index is 0.383. The summed E-state index contributed by atoms with van der Waals surface area (Å²) in [5.41, 5.74) is 2.64. The summed E-state index contributed by atoms with van der Waals surface area (Å²) < 4.78 is 2.19. The van der Waals surface area contributed by atoms with Gasteiger partial charge in [0, 0.05) is 29.0 Å². The minimum Gasteiger partial charge on any atom is -0.318 e. The average molecular weight is 375 g/mol. The first-order valence-electron chi connectivity index (χ1n) is 9.47. The van der Waals surface area contributed by atoms with Gasteiger partial charge in [0.1, 0.15) is 0 Å². The van der Waals surface area contributed by atoms with Crippen LogP contribution in [0.2, 0.25) is 10.0 Å². The summed E-state index contributed by atoms with van der Waals surface area (Å²) in [4.78, 5) is 0. The van der Waals surface area contributed by atoms with E-state index >= 15 is 0 Å². The molecule has 4 saturated carbocycles. The monoisotopic (exact) mass is 374 g/mol. The lowest BCUT2D eigenvalue weighted by Gasteiger charge is -2.57. The van der Waals surface area contributed by atoms with E-state index in [1.165, 1.54) is 44.2 Å². The van der Waals surface area contributed by atoms with Gasteiger partial charge in [-0.3, -0.25) is 0 Å². The van der Waals surface area contributed by atoms with Crippen molar-refractivity contribution in [1.29, 1.82) is 0 Å². The number of nitrogens with one attached hydrogen (secondary N) is 1. The molecule has 0 saturated heterocycles. The van der Waals surface area contributed by atoms with Crippen LogP contribution in [0.15, 0.2) is 36.5 Å². The molecule has 2 nitrogen and oxygen atoms in total. The van der Waals surface area contributed by atoms with Crippen LogP contribution in [0, 0.1) is 17.8 Å². The Bertz CT molecular complexity index is 760. The molecule has 1 aromatic heterocycles. The zero-order valence-electron chi connectivity index (χ0n) is 14.3. The Morgan fingerprint density at radius 3 is 2.32 bits per heavy atom. The second-order valence-corrected chi connectivity index (χ2v) is 9.36. The lowest BCUT2D eigenvalue weighted by Crippen LogP contribution is -2.58. The van der Waals surface area contributed by atoms with Crippen LogP contribution < -0.4 is 5.32 Å². The van der Waals surface area contributed by atoms with Crippen LogP contribution in [-0.2, 0) is 6.54 Å². The topological polar surface area (TPSA) is 17.0 Å². The number of nitrogens with zero attached hydrogens (tertiary/aromatic N) is 1. The molecule has 132 valence electrons. The van der Waals surface area contributed by atoms with Gasteiger partial charge in [-0.05, 0) is 86.6 Å². The number of benzene rings is 1. The van der Waals surface area contributed by atoms with Crippen molar-refractivity contribution in [1.82, 2.24) is 9.88 Å². The third kappa shape index (κ3) is 2.93. The molecule has 1 aromatic carbocycles. The minimum atomic E-state index is 0.383. The van der Waals surface area contributed by atoms with Gasteiger partial charge in [-0.25, -0.2) is 0 Å². The zero-order chi connectivity index (χ0) is 17.0. The molecule has 4 fully saturated rings. The Kier molecular flexibility index (Phi) is 3.92. The molecule has 0 radical (unpaired) electrons. The highest BCUT2D eigenvalue weighted by Gasteiger charge is 2.50. The summed E-state index contributed by atoms with van der Waals surface area (Å²) in [6.07, 6.45) is 10.7. The lowest BCUT2D eigenvalue weighted by atomic mass is 9.53. The van der Waals surface area contributed by atoms with Crippen molar-refractivity contribution in [2.45, 2.75) is 50.6 Å². The Balaban J connectivity index is 1.37. The normalized spacial score (nSPS) is 33.1. The van der Waals surface area contributed by atoms with Crippen molar-refractivity contribution in [2.75, 3.05) is 0 Å². The molecular weight excluding hydrogens is 351 g/mol. The van der Waals surface area contributed by atoms with Gasteiger partial charge < -0.3 is 9.88 Å². The highest BCUT2D eigenvalue weighted by Crippen LogP contribution is 2.55. The molecule has 0 amide bonds. The van der Waals surface area contributed by atoms with Crippen LogP contribution >= 0.6 is 23.2 Å². The second-order valence-electron chi connectivity index (χ2n) is 8.52. The first-order valence-corrected chi connectivity index (χ1v) is 10.2. The number of rotatable bonds is 4. The number of hydrogen-bond acceptors (Lipinski definition) is 1. The van der Waals surface area contributed by atoms with E-state index in [9.17, 15) is 0 Å². The molecule has 1 heterocycles. The molecule has 4 aliphatic carbocycles. The van der Waals surface area contributed by atoms with E-state index in [0.717, 1.165) is 30.0 Å². The van der Waals surface area contributed by atoms with Crippen LogP contribution in [0.5, 0.6) is 0 Å². The molecule has 6 rings (SSSR count). The van der Waals surface area contributed by atoms with E-state index in [-0.39, 0.29) is 0 Å². The predicted octanol–water partition coefficient (Wildman–Crippen LogP) is 5.84. The second kappa shape index (κ2) is 6.04. The average Bonchev–Trinajstić information content (AvgIpc) is 3.00. The van der Waals surface area contributed by atoms with Crippen LogP contribution in [0.4, 0.5) is 0 Å². The fraction of sp³-hybridized carbons (Fsp3) is 0.524. The summed E-state index contributed by atoms with van der Waals surface area (Å²) in [7, 11) is 0. The van der Waals surface area contributed by atoms with E-state index in [0.29, 0.717) is 15.6 Å². The fourth-order valence-electron chi connectivity index (χ4n) is 6.08. The first kappa shape index (κ1) is 16.2. The van der Waals surface area contributed by atoms with E-state index < -0.39 is 0 Å². The van der Waals surface area contributed by atoms with E-state index in [1.807, 2.05) is 18.2 Å². The summed E-state index contributed by atoms with van der Waals surface area (Å²) in [6, 6.07) is 10.0. The molecule has 25 heavy (non-hydrogen) atoms. The van der Waals surface area contributed by atoms with Gasteiger partial charge in [0.2, 0.25) is 0 Å². The number of hydrogen-bond donors (Lipinski definition) is 1. The molecule has 0 spiro atoms. The largest absolute Gasteiger partial charge is 0.318 e. The van der Waals surface area contributed by atoms with Gasteiger partial charge >= 0.3 is 0 Å². The summed E-state index contributed by atoms with van der Waals surface area (Å²) >= 11 is 12.5. The Labute approximate surface area is 159 Å². The maximum Gasteiger partial charge on any atom is 0.0661 e. The quantitative estimate of drug-likeness (QED) is 0.710. The summed E-state index contributed by atoms with van der Waals surface area (Å²) in [6.45, 7) is 0.901. The number of aromatic nitrogens is 1. The highest BCUT2D eigenvalue weighted by molar-refractivity contribution is 6.35. The van der Waals surface area contributed by atoms with Crippen molar-refractivity contribution in [3.8, 4) is 5.69 Å². The van der Waals surface area contributed by atoms with Crippen molar-refractivity contribution in [3.05, 3.63) is 52.3 Å². The predicted molar refractivity (Wildman–Crippen MR) is 104 cm³/mol. The Hall–Kier alpha value is -0.960. The standard InChI is InChI=1S/C21H24Cl2N2/c22-17-3-4-20(19(23)9-17)25-5-1-2-18(25)13-24-21-10-14-6-15(11-21)8-16(7-14)12-21/h1-5,9,14-16,24H,6-8,10-13H2. The van der Waals surface area contributed by atoms with Crippen LogP contribution in [0.1, 0.15) is 44.2 Å². The third-order valence-electron chi connectivity index (χ3n) is 6.69. The highest BCUT2D eigenvalue weighted by atomic mass is 35.5. The first-order chi connectivity index (χ1) is 12.1. The maximum absolute atomic E-state index is 6.42. The van der Waals surface area contributed by atoms with Crippen molar-refractivity contribution in [3.63, 3.8) is 0 Å². The number of halogens is 2. The van der Waals surface area contributed by atoms with Crippen LogP contribution in [0.3, 0.4) is 0 Å². The van der Waals surface area contributed by atoms with Gasteiger partial charge in [-0.1, -0.05) is 23.2 Å². The molecule has 2 aromatic rings. The van der Waals surface area contributed by atoms with Gasteiger partial charge in [0.25, 0.3) is 0 Å². The van der Waals surface area contributed by atoms with Gasteiger partial charge in [-0.2, -0.15) is 0 Å². The molecule has 4 heteroatoms. The van der Waals surface area contributed by atoms with Crippen molar-refractivity contribution in [2.24, 2.45) is 17.8 Å². The smallest absolute Gasteiger partial charge is 0.0661 e. The molecule has 4 aliphatic rings. The zero-order valence-corrected chi connectivity index (χ0v) is 15.9. The molecule has 0 unspecified atom stereocenters.